The first-order valence-corrected chi connectivity index (χ1v) is 10.0. The minimum absolute atomic E-state index is 0.0202. The molecule has 2 amide bonds. The highest BCUT2D eigenvalue weighted by atomic mass is 19.1. The summed E-state index contributed by atoms with van der Waals surface area (Å²) in [5, 5.41) is 4.68. The van der Waals surface area contributed by atoms with Gasteiger partial charge in [0.05, 0.1) is 5.69 Å². The van der Waals surface area contributed by atoms with Gasteiger partial charge >= 0.3 is 0 Å². The van der Waals surface area contributed by atoms with Gasteiger partial charge in [0.15, 0.2) is 6.61 Å². The molecule has 2 aliphatic heterocycles. The maximum atomic E-state index is 12.9. The number of fused-ring (bicyclic) bond motifs is 1. The Hall–Kier alpha value is -2.90. The van der Waals surface area contributed by atoms with E-state index in [0.29, 0.717) is 24.5 Å². The van der Waals surface area contributed by atoms with Gasteiger partial charge in [-0.05, 0) is 49.6 Å². The lowest BCUT2D eigenvalue weighted by atomic mass is 9.93. The summed E-state index contributed by atoms with van der Waals surface area (Å²) in [6.07, 6.45) is 2.52. The molecule has 7 nitrogen and oxygen atoms in total. The summed E-state index contributed by atoms with van der Waals surface area (Å²) >= 11 is 0. The molecule has 0 atom stereocenters. The molecule has 0 N–H and O–H groups in total. The molecule has 0 saturated carbocycles. The zero-order chi connectivity index (χ0) is 20.4. The lowest BCUT2D eigenvalue weighted by Crippen LogP contribution is -2.40. The van der Waals surface area contributed by atoms with Crippen molar-refractivity contribution in [2.45, 2.75) is 31.7 Å². The second-order valence-corrected chi connectivity index (χ2v) is 7.66. The van der Waals surface area contributed by atoms with Crippen molar-refractivity contribution in [1.82, 2.24) is 19.6 Å². The fraction of sp³-hybridized carbons (Fsp3) is 0.476. The number of piperidine rings is 1. The third kappa shape index (κ3) is 4.26. The highest BCUT2D eigenvalue weighted by Crippen LogP contribution is 2.28. The summed E-state index contributed by atoms with van der Waals surface area (Å²) in [5.41, 5.74) is 1.60. The van der Waals surface area contributed by atoms with E-state index in [9.17, 15) is 14.0 Å². The van der Waals surface area contributed by atoms with Crippen molar-refractivity contribution in [2.75, 3.05) is 33.3 Å². The lowest BCUT2D eigenvalue weighted by Gasteiger charge is -2.31. The Kier molecular flexibility index (Phi) is 5.51. The molecule has 8 heteroatoms. The molecule has 4 rings (SSSR count). The largest absolute Gasteiger partial charge is 0.484 e. The normalized spacial score (nSPS) is 17.8. The Morgan fingerprint density at radius 3 is 2.62 bits per heavy atom. The molecular weight excluding hydrogens is 375 g/mol. The third-order valence-electron chi connectivity index (χ3n) is 5.67. The van der Waals surface area contributed by atoms with Crippen LogP contribution in [0.2, 0.25) is 0 Å². The summed E-state index contributed by atoms with van der Waals surface area (Å²) in [6, 6.07) is 7.55. The van der Waals surface area contributed by atoms with E-state index in [1.807, 2.05) is 17.8 Å². The molecule has 1 aromatic carbocycles. The molecule has 2 aliphatic rings. The predicted molar refractivity (Wildman–Crippen MR) is 104 cm³/mol. The van der Waals surface area contributed by atoms with Gasteiger partial charge in [-0.3, -0.25) is 14.3 Å². The van der Waals surface area contributed by atoms with Gasteiger partial charge in [0.1, 0.15) is 17.3 Å². The average molecular weight is 400 g/mol. The molecule has 29 heavy (non-hydrogen) atoms. The number of halogens is 1. The summed E-state index contributed by atoms with van der Waals surface area (Å²) in [5.74, 6) is 0.325. The molecule has 0 aliphatic carbocycles. The summed E-state index contributed by atoms with van der Waals surface area (Å²) in [7, 11) is 1.82. The molecule has 0 unspecified atom stereocenters. The van der Waals surface area contributed by atoms with E-state index in [4.69, 9.17) is 4.74 Å². The van der Waals surface area contributed by atoms with Gasteiger partial charge in [-0.1, -0.05) is 0 Å². The van der Waals surface area contributed by atoms with Crippen LogP contribution in [0.25, 0.3) is 0 Å². The molecule has 1 aromatic heterocycles. The monoisotopic (exact) mass is 400 g/mol. The fourth-order valence-corrected chi connectivity index (χ4v) is 3.93. The molecular formula is C21H25FN4O3. The Morgan fingerprint density at radius 2 is 1.90 bits per heavy atom. The van der Waals surface area contributed by atoms with Crippen LogP contribution in [0.3, 0.4) is 0 Å². The van der Waals surface area contributed by atoms with E-state index in [-0.39, 0.29) is 30.2 Å². The van der Waals surface area contributed by atoms with Crippen molar-refractivity contribution in [3.63, 3.8) is 0 Å². The molecule has 3 heterocycles. The fourth-order valence-electron chi connectivity index (χ4n) is 3.93. The van der Waals surface area contributed by atoms with Gasteiger partial charge in [0.25, 0.3) is 11.8 Å². The average Bonchev–Trinajstić information content (AvgIpc) is 3.11. The van der Waals surface area contributed by atoms with Crippen molar-refractivity contribution >= 4 is 11.8 Å². The van der Waals surface area contributed by atoms with Gasteiger partial charge in [-0.2, -0.15) is 5.10 Å². The third-order valence-corrected chi connectivity index (χ3v) is 5.67. The van der Waals surface area contributed by atoms with Gasteiger partial charge in [0, 0.05) is 39.1 Å². The number of rotatable bonds is 4. The van der Waals surface area contributed by atoms with Gasteiger partial charge in [-0.15, -0.1) is 0 Å². The topological polar surface area (TPSA) is 67.7 Å². The van der Waals surface area contributed by atoms with E-state index in [0.717, 1.165) is 38.0 Å². The van der Waals surface area contributed by atoms with Crippen LogP contribution in [0.15, 0.2) is 30.3 Å². The number of nitrogens with zero attached hydrogens (tertiary/aromatic N) is 4. The van der Waals surface area contributed by atoms with E-state index in [2.05, 4.69) is 5.10 Å². The van der Waals surface area contributed by atoms with Crippen LogP contribution in [-0.4, -0.2) is 64.7 Å². The number of likely N-dealkylation sites (tertiary alicyclic amines) is 1. The highest BCUT2D eigenvalue weighted by Gasteiger charge is 2.28. The molecule has 0 spiro atoms. The van der Waals surface area contributed by atoms with Crippen molar-refractivity contribution in [3.05, 3.63) is 47.5 Å². The van der Waals surface area contributed by atoms with E-state index in [1.54, 1.807) is 9.80 Å². The number of benzene rings is 1. The number of carbonyl (C=O) groups is 2. The molecule has 0 radical (unpaired) electrons. The van der Waals surface area contributed by atoms with Crippen LogP contribution >= 0.6 is 0 Å². The van der Waals surface area contributed by atoms with E-state index in [1.165, 1.54) is 24.3 Å². The molecule has 1 fully saturated rings. The number of ether oxygens (including phenoxy) is 1. The van der Waals surface area contributed by atoms with E-state index >= 15 is 0 Å². The predicted octanol–water partition coefficient (Wildman–Crippen LogP) is 2.28. The zero-order valence-electron chi connectivity index (χ0n) is 16.5. The first-order chi connectivity index (χ1) is 14.0. The van der Waals surface area contributed by atoms with Gasteiger partial charge in [0.2, 0.25) is 0 Å². The second-order valence-electron chi connectivity index (χ2n) is 7.66. The lowest BCUT2D eigenvalue weighted by molar-refractivity contribution is -0.134. The highest BCUT2D eigenvalue weighted by molar-refractivity contribution is 5.92. The van der Waals surface area contributed by atoms with Crippen LogP contribution in [0, 0.1) is 5.82 Å². The number of aromatic nitrogens is 2. The Bertz CT molecular complexity index is 888. The van der Waals surface area contributed by atoms with Crippen molar-refractivity contribution in [1.29, 1.82) is 0 Å². The van der Waals surface area contributed by atoms with Crippen molar-refractivity contribution in [2.24, 2.45) is 0 Å². The second kappa shape index (κ2) is 8.23. The Labute approximate surface area is 169 Å². The summed E-state index contributed by atoms with van der Waals surface area (Å²) < 4.78 is 20.2. The number of hydrogen-bond donors (Lipinski definition) is 0. The van der Waals surface area contributed by atoms with Crippen LogP contribution < -0.4 is 4.74 Å². The van der Waals surface area contributed by atoms with Gasteiger partial charge < -0.3 is 14.5 Å². The van der Waals surface area contributed by atoms with Crippen LogP contribution in [0.1, 0.15) is 41.4 Å². The Morgan fingerprint density at radius 1 is 1.17 bits per heavy atom. The number of carbonyl (C=O) groups excluding carboxylic acids is 2. The van der Waals surface area contributed by atoms with Crippen molar-refractivity contribution < 1.29 is 18.7 Å². The smallest absolute Gasteiger partial charge is 0.271 e. The molecule has 0 bridgehead atoms. The zero-order valence-corrected chi connectivity index (χ0v) is 16.5. The number of aryl methyl sites for hydroxylation is 1. The van der Waals surface area contributed by atoms with Crippen molar-refractivity contribution in [3.8, 4) is 5.75 Å². The molecule has 154 valence electrons. The minimum atomic E-state index is -0.337. The SMILES string of the molecule is CN1CCCn2nc(C3CCN(C(=O)COc4ccc(F)cc4)CC3)cc2C1=O. The standard InChI is InChI=1S/C21H25FN4O3/c1-24-9-2-10-26-19(21(24)28)13-18(23-26)15-7-11-25(12-8-15)20(27)14-29-17-5-3-16(22)4-6-17/h3-6,13,15H,2,7-12,14H2,1H3. The Balaban J connectivity index is 1.32. The number of hydrogen-bond acceptors (Lipinski definition) is 4. The van der Waals surface area contributed by atoms with Crippen LogP contribution in [0.4, 0.5) is 4.39 Å². The van der Waals surface area contributed by atoms with Crippen LogP contribution in [0.5, 0.6) is 5.75 Å². The minimum Gasteiger partial charge on any atom is -0.484 e. The maximum absolute atomic E-state index is 12.9. The van der Waals surface area contributed by atoms with Crippen LogP contribution in [-0.2, 0) is 11.3 Å². The summed E-state index contributed by atoms with van der Waals surface area (Å²) in [6.45, 7) is 2.70. The quantitative estimate of drug-likeness (QED) is 0.790. The van der Waals surface area contributed by atoms with E-state index < -0.39 is 0 Å². The first-order valence-electron chi connectivity index (χ1n) is 10.0. The van der Waals surface area contributed by atoms with Gasteiger partial charge in [-0.25, -0.2) is 4.39 Å². The molecule has 2 aromatic rings. The summed E-state index contributed by atoms with van der Waals surface area (Å²) in [4.78, 5) is 28.4. The molecule has 1 saturated heterocycles. The number of amides is 2. The first kappa shape index (κ1) is 19.4. The maximum Gasteiger partial charge on any atom is 0.271 e.